The lowest BCUT2D eigenvalue weighted by Crippen LogP contribution is -2.37. The second-order valence-electron chi connectivity index (χ2n) is 10.7. The lowest BCUT2D eigenvalue weighted by atomic mass is 10.0. The van der Waals surface area contributed by atoms with Crippen molar-refractivity contribution < 1.29 is 23.4 Å². The Morgan fingerprint density at radius 3 is 2.42 bits per heavy atom. The third-order valence-electron chi connectivity index (χ3n) is 5.94. The Kier molecular flexibility index (Phi) is 10.1. The number of alkyl halides is 1. The zero-order valence-corrected chi connectivity index (χ0v) is 24.4. The molecule has 0 aliphatic heterocycles. The summed E-state index contributed by atoms with van der Waals surface area (Å²) in [5.74, 6) is 1.68. The lowest BCUT2D eigenvalue weighted by molar-refractivity contribution is 0.0899. The van der Waals surface area contributed by atoms with Crippen molar-refractivity contribution in [1.82, 2.24) is 19.8 Å². The van der Waals surface area contributed by atoms with Crippen molar-refractivity contribution in [2.75, 3.05) is 53.3 Å². The molecule has 1 unspecified atom stereocenters. The van der Waals surface area contributed by atoms with E-state index in [0.717, 1.165) is 22.6 Å². The van der Waals surface area contributed by atoms with Gasteiger partial charge < -0.3 is 29.0 Å². The molecule has 0 saturated heterocycles. The first kappa shape index (κ1) is 29.4. The van der Waals surface area contributed by atoms with E-state index in [9.17, 15) is 9.18 Å². The highest BCUT2D eigenvalue weighted by Crippen LogP contribution is 2.42. The number of benzene rings is 1. The lowest BCUT2D eigenvalue weighted by Gasteiger charge is -2.16. The number of methoxy groups -OCH3 is 2. The van der Waals surface area contributed by atoms with Crippen molar-refractivity contribution in [2.45, 2.75) is 38.6 Å². The Labute approximate surface area is 225 Å². The fourth-order valence-corrected chi connectivity index (χ4v) is 4.77. The second kappa shape index (κ2) is 13.1. The number of halogens is 1. The van der Waals surface area contributed by atoms with E-state index in [0.29, 0.717) is 36.3 Å². The van der Waals surface area contributed by atoms with Gasteiger partial charge in [0.05, 0.1) is 26.3 Å². The van der Waals surface area contributed by atoms with E-state index in [4.69, 9.17) is 19.2 Å². The summed E-state index contributed by atoms with van der Waals surface area (Å²) in [4.78, 5) is 18.9. The van der Waals surface area contributed by atoms with Crippen molar-refractivity contribution >= 4 is 31.0 Å². The second-order valence-corrected chi connectivity index (χ2v) is 16.3. The van der Waals surface area contributed by atoms with Crippen LogP contribution in [0.4, 0.5) is 15.0 Å². The van der Waals surface area contributed by atoms with Crippen LogP contribution in [0.25, 0.3) is 22.2 Å². The topological polar surface area (TPSA) is 89.9 Å². The molecule has 0 spiro atoms. The normalized spacial score (nSPS) is 12.6. The van der Waals surface area contributed by atoms with Crippen LogP contribution in [0.5, 0.6) is 11.5 Å². The molecule has 0 bridgehead atoms. The van der Waals surface area contributed by atoms with E-state index in [1.807, 2.05) is 35.0 Å². The molecule has 1 aromatic carbocycles. The molecule has 2 aromatic heterocycles. The summed E-state index contributed by atoms with van der Waals surface area (Å²) in [6.45, 7) is 8.02. The monoisotopic (exact) mass is 545 g/mol. The highest BCUT2D eigenvalue weighted by Gasteiger charge is 2.20. The fourth-order valence-electron chi connectivity index (χ4n) is 4.01. The van der Waals surface area contributed by atoms with Crippen LogP contribution in [0.3, 0.4) is 0 Å². The van der Waals surface area contributed by atoms with Crippen LogP contribution in [0, 0.1) is 0 Å². The maximum absolute atomic E-state index is 14.0. The smallest absolute Gasteiger partial charge is 0.320 e. The minimum Gasteiger partial charge on any atom is -0.496 e. The van der Waals surface area contributed by atoms with E-state index < -0.39 is 20.3 Å². The summed E-state index contributed by atoms with van der Waals surface area (Å²) in [6.07, 6.45) is 0.792. The molecule has 38 heavy (non-hydrogen) atoms. The van der Waals surface area contributed by atoms with E-state index in [2.05, 4.69) is 30.3 Å². The van der Waals surface area contributed by atoms with E-state index >= 15 is 0 Å². The Morgan fingerprint density at radius 1 is 1.13 bits per heavy atom. The first-order valence-electron chi connectivity index (χ1n) is 12.6. The summed E-state index contributed by atoms with van der Waals surface area (Å²) in [5, 5.41) is 6.12. The molecule has 11 heteroatoms. The number of ether oxygens (including phenoxy) is 3. The molecule has 2 amide bonds. The van der Waals surface area contributed by atoms with Gasteiger partial charge in [0.1, 0.15) is 35.9 Å². The van der Waals surface area contributed by atoms with Gasteiger partial charge in [-0.1, -0.05) is 25.7 Å². The predicted octanol–water partition coefficient (Wildman–Crippen LogP) is 5.05. The molecule has 0 aliphatic carbocycles. The van der Waals surface area contributed by atoms with Crippen molar-refractivity contribution in [3.63, 3.8) is 0 Å². The Morgan fingerprint density at radius 2 is 1.82 bits per heavy atom. The third-order valence-corrected chi connectivity index (χ3v) is 7.64. The fraction of sp³-hybridized carbons (Fsp3) is 0.481. The molecular formula is C27H40FN5O4Si. The first-order chi connectivity index (χ1) is 18.0. The van der Waals surface area contributed by atoms with Gasteiger partial charge in [0.25, 0.3) is 0 Å². The molecule has 208 valence electrons. The molecule has 2 N–H and O–H groups in total. The maximum atomic E-state index is 14.0. The number of urea groups is 1. The molecular weight excluding hydrogens is 505 g/mol. The average Bonchev–Trinajstić information content (AvgIpc) is 3.21. The highest BCUT2D eigenvalue weighted by atomic mass is 28.3. The Hall–Kier alpha value is -3.15. The Balaban J connectivity index is 1.92. The van der Waals surface area contributed by atoms with Crippen LogP contribution in [-0.2, 0) is 11.5 Å². The van der Waals surface area contributed by atoms with Gasteiger partial charge in [-0.05, 0) is 44.4 Å². The SMILES string of the molecule is COc1cccc(OC)c1-c1cn(COCC[Si](C)(C)C)c2nc(NC(=O)NCC(F)CN(C)C)ccc12. The number of fused-ring (bicyclic) bond motifs is 1. The number of hydrogen-bond acceptors (Lipinski definition) is 6. The zero-order valence-electron chi connectivity index (χ0n) is 23.4. The Bertz CT molecular complexity index is 1210. The summed E-state index contributed by atoms with van der Waals surface area (Å²) in [7, 11) is 5.57. The van der Waals surface area contributed by atoms with E-state index in [-0.39, 0.29) is 13.1 Å². The van der Waals surface area contributed by atoms with Gasteiger partial charge in [-0.15, -0.1) is 0 Å². The van der Waals surface area contributed by atoms with Crippen LogP contribution in [0.15, 0.2) is 36.5 Å². The molecule has 1 atom stereocenters. The number of hydrogen-bond donors (Lipinski definition) is 2. The van der Waals surface area contributed by atoms with Gasteiger partial charge in [-0.2, -0.15) is 0 Å². The number of nitrogens with zero attached hydrogens (tertiary/aromatic N) is 3. The van der Waals surface area contributed by atoms with Gasteiger partial charge in [0.15, 0.2) is 0 Å². The number of amides is 2. The zero-order chi connectivity index (χ0) is 27.9. The van der Waals surface area contributed by atoms with Crippen molar-refractivity contribution in [3.8, 4) is 22.6 Å². The molecule has 0 radical (unpaired) electrons. The quantitative estimate of drug-likeness (QED) is 0.231. The van der Waals surface area contributed by atoms with Crippen molar-refractivity contribution in [2.24, 2.45) is 0 Å². The largest absolute Gasteiger partial charge is 0.496 e. The van der Waals surface area contributed by atoms with Crippen molar-refractivity contribution in [3.05, 3.63) is 36.5 Å². The number of carbonyl (C=O) groups is 1. The molecule has 0 saturated carbocycles. The van der Waals surface area contributed by atoms with Gasteiger partial charge in [-0.25, -0.2) is 14.2 Å². The van der Waals surface area contributed by atoms with Crippen molar-refractivity contribution in [1.29, 1.82) is 0 Å². The number of pyridine rings is 1. The van der Waals surface area contributed by atoms with Gasteiger partial charge in [0.2, 0.25) is 0 Å². The predicted molar refractivity (Wildman–Crippen MR) is 153 cm³/mol. The number of nitrogens with one attached hydrogen (secondary N) is 2. The number of aromatic nitrogens is 2. The number of rotatable bonds is 13. The van der Waals surface area contributed by atoms with E-state index in [1.54, 1.807) is 39.3 Å². The molecule has 3 aromatic rings. The number of carbonyl (C=O) groups excluding carboxylic acids is 1. The standard InChI is InChI=1S/C27H40FN5O4Si/c1-32(2)16-19(28)15-29-27(34)31-24-12-11-20-21(25-22(35-3)9-8-10-23(25)36-4)17-33(26(20)30-24)18-37-13-14-38(5,6)7/h8-12,17,19H,13-16,18H2,1-7H3,(H2,29,30,31,34). The van der Waals surface area contributed by atoms with Gasteiger partial charge >= 0.3 is 6.03 Å². The average molecular weight is 546 g/mol. The van der Waals surface area contributed by atoms with E-state index in [1.165, 1.54) is 0 Å². The third kappa shape index (κ3) is 7.92. The maximum Gasteiger partial charge on any atom is 0.320 e. The summed E-state index contributed by atoms with van der Waals surface area (Å²) < 4.78 is 33.2. The summed E-state index contributed by atoms with van der Waals surface area (Å²) in [5.41, 5.74) is 2.31. The highest BCUT2D eigenvalue weighted by molar-refractivity contribution is 6.76. The molecule has 0 fully saturated rings. The molecule has 3 rings (SSSR count). The first-order valence-corrected chi connectivity index (χ1v) is 16.4. The summed E-state index contributed by atoms with van der Waals surface area (Å²) in [6, 6.07) is 9.77. The summed E-state index contributed by atoms with van der Waals surface area (Å²) >= 11 is 0. The molecule has 9 nitrogen and oxygen atoms in total. The van der Waals surface area contributed by atoms with Crippen LogP contribution < -0.4 is 20.1 Å². The minimum atomic E-state index is -1.24. The van der Waals surface area contributed by atoms with Crippen LogP contribution >= 0.6 is 0 Å². The van der Waals surface area contributed by atoms with Gasteiger partial charge in [-0.3, -0.25) is 5.32 Å². The van der Waals surface area contributed by atoms with Crippen LogP contribution in [0.1, 0.15) is 0 Å². The van der Waals surface area contributed by atoms with Crippen LogP contribution in [-0.4, -0.2) is 82.7 Å². The number of anilines is 1. The van der Waals surface area contributed by atoms with Crippen LogP contribution in [0.2, 0.25) is 25.7 Å². The molecule has 0 aliphatic rings. The molecule has 2 heterocycles. The minimum absolute atomic E-state index is 0.0920. The van der Waals surface area contributed by atoms with Gasteiger partial charge in [0, 0.05) is 38.4 Å².